The molecule has 0 unspecified atom stereocenters. The van der Waals surface area contributed by atoms with E-state index >= 15 is 0 Å². The fourth-order valence-electron chi connectivity index (χ4n) is 5.27. The molecule has 6 aromatic carbocycles. The second-order valence-corrected chi connectivity index (χ2v) is 18.6. The molecular weight excluding hydrogens is 584 g/mol. The second-order valence-electron chi connectivity index (χ2n) is 9.87. The van der Waals surface area contributed by atoms with Crippen molar-refractivity contribution in [1.82, 2.24) is 0 Å². The highest BCUT2D eigenvalue weighted by molar-refractivity contribution is 8.26. The summed E-state index contributed by atoms with van der Waals surface area (Å²) in [5, 5.41) is 6.84. The summed E-state index contributed by atoms with van der Waals surface area (Å²) in [5.74, 6) is 0. The zero-order chi connectivity index (χ0) is 28.8. The van der Waals surface area contributed by atoms with Crippen LogP contribution in [0.3, 0.4) is 0 Å². The zero-order valence-electron chi connectivity index (χ0n) is 22.9. The molecular formula is C37H29NP2S2. The van der Waals surface area contributed by atoms with Crippen molar-refractivity contribution in [1.29, 1.82) is 0 Å². The molecule has 0 bridgehead atoms. The van der Waals surface area contributed by atoms with Crippen molar-refractivity contribution >= 4 is 79.4 Å². The van der Waals surface area contributed by atoms with Gasteiger partial charge in [0.15, 0.2) is 0 Å². The largest absolute Gasteiger partial charge is 0.256 e. The first-order chi connectivity index (χ1) is 20.6. The normalized spacial score (nSPS) is 11.9. The van der Waals surface area contributed by atoms with Gasteiger partial charge in [-0.3, -0.25) is 4.99 Å². The van der Waals surface area contributed by atoms with Gasteiger partial charge in [0, 0.05) is 34.5 Å². The Morgan fingerprint density at radius 1 is 0.381 bits per heavy atom. The average Bonchev–Trinajstić information content (AvgIpc) is 3.08. The van der Waals surface area contributed by atoms with Gasteiger partial charge < -0.3 is 0 Å². The highest BCUT2D eigenvalue weighted by atomic mass is 32.4. The van der Waals surface area contributed by atoms with E-state index in [0.29, 0.717) is 0 Å². The Morgan fingerprint density at radius 3 is 1.17 bits per heavy atom. The summed E-state index contributed by atoms with van der Waals surface area (Å²) in [7, 11) is 0. The third-order valence-corrected chi connectivity index (χ3v) is 17.3. The van der Waals surface area contributed by atoms with Crippen LogP contribution in [0.5, 0.6) is 0 Å². The van der Waals surface area contributed by atoms with Crippen molar-refractivity contribution in [2.24, 2.45) is 4.99 Å². The van der Waals surface area contributed by atoms with Crippen LogP contribution in [0.15, 0.2) is 175 Å². The number of para-hydroxylation sites is 1. The number of hydrogen-bond donors (Lipinski definition) is 0. The van der Waals surface area contributed by atoms with Crippen LogP contribution >= 0.6 is 12.1 Å². The Kier molecular flexibility index (Phi) is 8.56. The van der Waals surface area contributed by atoms with Crippen LogP contribution in [-0.4, -0.2) is 6.21 Å². The lowest BCUT2D eigenvalue weighted by Crippen LogP contribution is -2.27. The first-order valence-corrected chi connectivity index (χ1v) is 19.4. The molecule has 0 aliphatic rings. The Hall–Kier alpha value is -3.71. The van der Waals surface area contributed by atoms with Crippen LogP contribution in [0.25, 0.3) is 0 Å². The zero-order valence-corrected chi connectivity index (χ0v) is 26.3. The van der Waals surface area contributed by atoms with Crippen LogP contribution in [0.1, 0.15) is 5.56 Å². The van der Waals surface area contributed by atoms with Crippen molar-refractivity contribution in [3.8, 4) is 0 Å². The van der Waals surface area contributed by atoms with Gasteiger partial charge in [0.2, 0.25) is 0 Å². The average molecular weight is 614 g/mol. The first-order valence-electron chi connectivity index (χ1n) is 13.8. The highest BCUT2D eigenvalue weighted by Gasteiger charge is 2.28. The van der Waals surface area contributed by atoms with Gasteiger partial charge in [-0.15, -0.1) is 0 Å². The minimum Gasteiger partial charge on any atom is -0.256 e. The van der Waals surface area contributed by atoms with Crippen LogP contribution < -0.4 is 31.8 Å². The fraction of sp³-hybridized carbons (Fsp3) is 0. The van der Waals surface area contributed by atoms with Gasteiger partial charge in [-0.1, -0.05) is 187 Å². The molecule has 0 saturated heterocycles. The van der Waals surface area contributed by atoms with Gasteiger partial charge in [-0.25, -0.2) is 0 Å². The van der Waals surface area contributed by atoms with E-state index in [9.17, 15) is 0 Å². The monoisotopic (exact) mass is 613 g/mol. The molecule has 0 atom stereocenters. The van der Waals surface area contributed by atoms with Crippen LogP contribution in [-0.2, 0) is 23.6 Å². The molecule has 0 spiro atoms. The minimum atomic E-state index is -2.37. The summed E-state index contributed by atoms with van der Waals surface area (Å²) in [4.78, 5) is 5.16. The first kappa shape index (κ1) is 28.4. The molecule has 1 nitrogen and oxygen atoms in total. The van der Waals surface area contributed by atoms with E-state index in [0.717, 1.165) is 43.1 Å². The molecule has 0 aromatic heterocycles. The molecule has 6 aromatic rings. The van der Waals surface area contributed by atoms with Crippen molar-refractivity contribution in [2.75, 3.05) is 0 Å². The van der Waals surface area contributed by atoms with Gasteiger partial charge >= 0.3 is 0 Å². The smallest absolute Gasteiger partial charge is 0.0720 e. The van der Waals surface area contributed by atoms with E-state index in [1.165, 1.54) is 0 Å². The van der Waals surface area contributed by atoms with Crippen molar-refractivity contribution < 1.29 is 0 Å². The molecule has 0 saturated carbocycles. The van der Waals surface area contributed by atoms with Crippen molar-refractivity contribution in [2.45, 2.75) is 0 Å². The number of hydrogen-bond acceptors (Lipinski definition) is 3. The standard InChI is InChI=1S/C37H29NP2S2/c41-39(31-18-5-1-6-19-31,32-20-7-2-8-21-32)36-27-15-13-17-30(36)29-38-35-26-14-16-28-37(35)40(42,33-22-9-3-10-23-33)34-24-11-4-12-25-34/h1-29H. The van der Waals surface area contributed by atoms with E-state index in [-0.39, 0.29) is 0 Å². The molecule has 42 heavy (non-hydrogen) atoms. The summed E-state index contributed by atoms with van der Waals surface area (Å²) in [6.45, 7) is 0. The summed E-state index contributed by atoms with van der Waals surface area (Å²) in [6.07, 6.45) is 1.98. The van der Waals surface area contributed by atoms with Crippen LogP contribution in [0.4, 0.5) is 5.69 Å². The van der Waals surface area contributed by atoms with Crippen molar-refractivity contribution in [3.63, 3.8) is 0 Å². The lowest BCUT2D eigenvalue weighted by atomic mass is 10.2. The van der Waals surface area contributed by atoms with E-state index < -0.39 is 12.1 Å². The Labute approximate surface area is 258 Å². The van der Waals surface area contributed by atoms with Crippen molar-refractivity contribution in [3.05, 3.63) is 175 Å². The Bertz CT molecular complexity index is 1690. The number of rotatable bonds is 8. The molecule has 0 radical (unpaired) electrons. The van der Waals surface area contributed by atoms with E-state index in [4.69, 9.17) is 28.6 Å². The number of aliphatic imine (C=N–C) groups is 1. The quantitative estimate of drug-likeness (QED) is 0.136. The third kappa shape index (κ3) is 5.42. The van der Waals surface area contributed by atoms with Gasteiger partial charge in [0.1, 0.15) is 0 Å². The molecule has 0 fully saturated rings. The van der Waals surface area contributed by atoms with E-state index in [1.807, 2.05) is 36.5 Å². The molecule has 0 N–H and O–H groups in total. The third-order valence-electron chi connectivity index (χ3n) is 7.32. The molecule has 0 aliphatic carbocycles. The summed E-state index contributed by atoms with van der Waals surface area (Å²) in [6, 6.07) is 54.1. The molecule has 6 rings (SSSR count). The van der Waals surface area contributed by atoms with Gasteiger partial charge in [0.05, 0.1) is 5.69 Å². The van der Waals surface area contributed by atoms with Crippen LogP contribution in [0.2, 0.25) is 0 Å². The predicted octanol–water partition coefficient (Wildman–Crippen LogP) is 6.95. The predicted molar refractivity (Wildman–Crippen MR) is 192 cm³/mol. The lowest BCUT2D eigenvalue weighted by Gasteiger charge is -2.26. The molecule has 5 heteroatoms. The molecule has 0 amide bonds. The maximum atomic E-state index is 6.67. The van der Waals surface area contributed by atoms with Gasteiger partial charge in [0.25, 0.3) is 0 Å². The van der Waals surface area contributed by atoms with E-state index in [2.05, 4.69) is 140 Å². The van der Waals surface area contributed by atoms with Crippen LogP contribution in [0, 0.1) is 0 Å². The minimum absolute atomic E-state index is 0.885. The maximum absolute atomic E-state index is 6.67. The topological polar surface area (TPSA) is 12.4 Å². The molecule has 0 aliphatic heterocycles. The number of benzene rings is 6. The maximum Gasteiger partial charge on any atom is 0.0720 e. The summed E-state index contributed by atoms with van der Waals surface area (Å²) >= 11 is 13.3. The Balaban J connectivity index is 1.51. The Morgan fingerprint density at radius 2 is 0.714 bits per heavy atom. The highest BCUT2D eigenvalue weighted by Crippen LogP contribution is 2.46. The SMILES string of the molecule is S=P(c1ccccc1)(c1ccccc1)c1ccccc1C=Nc1ccccc1P(=S)(c1ccccc1)c1ccccc1. The van der Waals surface area contributed by atoms with Gasteiger partial charge in [-0.05, 0) is 27.3 Å². The number of nitrogens with zero attached hydrogens (tertiary/aromatic N) is 1. The molecule has 204 valence electrons. The van der Waals surface area contributed by atoms with E-state index in [1.54, 1.807) is 0 Å². The fourth-order valence-corrected chi connectivity index (χ4v) is 13.3. The molecule has 0 heterocycles. The summed E-state index contributed by atoms with van der Waals surface area (Å²) < 4.78 is 0. The lowest BCUT2D eigenvalue weighted by molar-refractivity contribution is 1.56. The second kappa shape index (κ2) is 12.7. The van der Waals surface area contributed by atoms with Gasteiger partial charge in [-0.2, -0.15) is 0 Å². The summed E-state index contributed by atoms with van der Waals surface area (Å²) in [5.41, 5.74) is 1.91.